The van der Waals surface area contributed by atoms with Gasteiger partial charge in [0.05, 0.1) is 0 Å². The molecule has 50 valence electrons. The summed E-state index contributed by atoms with van der Waals surface area (Å²) in [5.74, 6) is 5.65. The molecule has 0 aliphatic rings. The van der Waals surface area contributed by atoms with E-state index in [0.29, 0.717) is 5.15 Å². The van der Waals surface area contributed by atoms with Crippen molar-refractivity contribution < 1.29 is 0 Å². The fraction of sp³-hybridized carbons (Fsp3) is 0.125. The first-order chi connectivity index (χ1) is 4.83. The molecule has 0 radical (unpaired) electrons. The lowest BCUT2D eigenvalue weighted by molar-refractivity contribution is 1.32. The summed E-state index contributed by atoms with van der Waals surface area (Å²) in [5.41, 5.74) is 0.905. The van der Waals surface area contributed by atoms with E-state index in [-0.39, 0.29) is 0 Å². The Morgan fingerprint density at radius 3 is 3.00 bits per heavy atom. The van der Waals surface area contributed by atoms with Gasteiger partial charge >= 0.3 is 0 Å². The lowest BCUT2D eigenvalue weighted by Gasteiger charge is -1.88. The van der Waals surface area contributed by atoms with Crippen molar-refractivity contribution in [2.24, 2.45) is 0 Å². The minimum atomic E-state index is 0.486. The Labute approximate surface area is 65.0 Å². The van der Waals surface area contributed by atoms with Gasteiger partial charge in [-0.2, -0.15) is 0 Å². The molecule has 2 heteroatoms. The highest BCUT2D eigenvalue weighted by molar-refractivity contribution is 6.29. The van der Waals surface area contributed by atoms with E-state index in [4.69, 9.17) is 11.6 Å². The van der Waals surface area contributed by atoms with Gasteiger partial charge < -0.3 is 0 Å². The van der Waals surface area contributed by atoms with Crippen LogP contribution in [0.4, 0.5) is 0 Å². The van der Waals surface area contributed by atoms with E-state index in [1.54, 1.807) is 19.2 Å². The molecule has 1 nitrogen and oxygen atoms in total. The van der Waals surface area contributed by atoms with E-state index in [9.17, 15) is 0 Å². The van der Waals surface area contributed by atoms with E-state index >= 15 is 0 Å². The van der Waals surface area contributed by atoms with Gasteiger partial charge in [0.1, 0.15) is 5.15 Å². The predicted molar refractivity (Wildman–Crippen MR) is 41.8 cm³/mol. The molecular weight excluding hydrogens is 146 g/mol. The van der Waals surface area contributed by atoms with Crippen molar-refractivity contribution >= 4 is 11.6 Å². The molecular formula is C8H6ClN. The predicted octanol–water partition coefficient (Wildman–Crippen LogP) is 2.11. The van der Waals surface area contributed by atoms with Crippen LogP contribution in [0.5, 0.6) is 0 Å². The second-order valence-electron chi connectivity index (χ2n) is 1.74. The van der Waals surface area contributed by atoms with Gasteiger partial charge in [-0.1, -0.05) is 17.5 Å². The summed E-state index contributed by atoms with van der Waals surface area (Å²) in [5, 5.41) is 0.486. The Morgan fingerprint density at radius 1 is 1.60 bits per heavy atom. The topological polar surface area (TPSA) is 12.9 Å². The van der Waals surface area contributed by atoms with Gasteiger partial charge in [-0.05, 0) is 19.1 Å². The van der Waals surface area contributed by atoms with E-state index in [1.165, 1.54) is 0 Å². The Morgan fingerprint density at radius 2 is 2.40 bits per heavy atom. The maximum Gasteiger partial charge on any atom is 0.130 e. The lowest BCUT2D eigenvalue weighted by Crippen LogP contribution is -1.76. The van der Waals surface area contributed by atoms with Gasteiger partial charge in [-0.25, -0.2) is 4.98 Å². The van der Waals surface area contributed by atoms with Crippen molar-refractivity contribution in [1.82, 2.24) is 4.98 Å². The summed E-state index contributed by atoms with van der Waals surface area (Å²) >= 11 is 5.60. The summed E-state index contributed by atoms with van der Waals surface area (Å²) in [4.78, 5) is 3.82. The molecule has 0 amide bonds. The molecule has 0 fully saturated rings. The van der Waals surface area contributed by atoms with Crippen LogP contribution in [0.15, 0.2) is 18.3 Å². The summed E-state index contributed by atoms with van der Waals surface area (Å²) < 4.78 is 0. The Balaban J connectivity index is 3.03. The molecule has 0 aliphatic carbocycles. The van der Waals surface area contributed by atoms with Crippen LogP contribution in [-0.2, 0) is 0 Å². The average molecular weight is 152 g/mol. The Bertz CT molecular complexity index is 283. The molecule has 0 spiro atoms. The first kappa shape index (κ1) is 7.11. The summed E-state index contributed by atoms with van der Waals surface area (Å²) in [6, 6.07) is 3.56. The molecule has 0 N–H and O–H groups in total. The first-order valence-corrected chi connectivity index (χ1v) is 3.25. The van der Waals surface area contributed by atoms with Crippen molar-refractivity contribution in [2.45, 2.75) is 6.92 Å². The first-order valence-electron chi connectivity index (χ1n) is 2.87. The normalized spacial score (nSPS) is 8.20. The standard InChI is InChI=1S/C8H6ClN/c1-2-3-7-4-5-10-8(9)6-7/h4-6H,1H3. The van der Waals surface area contributed by atoms with Crippen LogP contribution in [0, 0.1) is 11.8 Å². The van der Waals surface area contributed by atoms with Crippen molar-refractivity contribution in [3.63, 3.8) is 0 Å². The molecule has 0 unspecified atom stereocenters. The van der Waals surface area contributed by atoms with Gasteiger partial charge in [-0.3, -0.25) is 0 Å². The maximum atomic E-state index is 5.60. The van der Waals surface area contributed by atoms with Crippen LogP contribution in [0.2, 0.25) is 5.15 Å². The molecule has 0 saturated carbocycles. The van der Waals surface area contributed by atoms with Crippen LogP contribution in [0.3, 0.4) is 0 Å². The van der Waals surface area contributed by atoms with Gasteiger partial charge in [0.15, 0.2) is 0 Å². The third-order valence-electron chi connectivity index (χ3n) is 0.996. The van der Waals surface area contributed by atoms with Crippen LogP contribution >= 0.6 is 11.6 Å². The molecule has 0 aliphatic heterocycles. The average Bonchev–Trinajstić information content (AvgIpc) is 1.88. The summed E-state index contributed by atoms with van der Waals surface area (Å²) in [6.45, 7) is 1.79. The maximum absolute atomic E-state index is 5.60. The molecule has 0 atom stereocenters. The number of halogens is 1. The molecule has 1 aromatic heterocycles. The van der Waals surface area contributed by atoms with E-state index in [0.717, 1.165) is 5.56 Å². The van der Waals surface area contributed by atoms with Crippen LogP contribution in [0.1, 0.15) is 12.5 Å². The molecule has 0 bridgehead atoms. The van der Waals surface area contributed by atoms with Crippen LogP contribution < -0.4 is 0 Å². The van der Waals surface area contributed by atoms with Crippen molar-refractivity contribution in [3.8, 4) is 11.8 Å². The smallest absolute Gasteiger partial charge is 0.130 e. The summed E-state index contributed by atoms with van der Waals surface area (Å²) in [7, 11) is 0. The van der Waals surface area contributed by atoms with Crippen molar-refractivity contribution in [1.29, 1.82) is 0 Å². The molecule has 1 rings (SSSR count). The zero-order valence-electron chi connectivity index (χ0n) is 5.56. The molecule has 0 aromatic carbocycles. The quantitative estimate of drug-likeness (QED) is 0.409. The zero-order valence-corrected chi connectivity index (χ0v) is 6.31. The SMILES string of the molecule is CC#Cc1ccnc(Cl)c1. The van der Waals surface area contributed by atoms with E-state index in [2.05, 4.69) is 16.8 Å². The number of nitrogens with zero attached hydrogens (tertiary/aromatic N) is 1. The van der Waals surface area contributed by atoms with E-state index < -0.39 is 0 Å². The Hall–Kier alpha value is -1.00. The lowest BCUT2D eigenvalue weighted by atomic mass is 10.3. The number of aromatic nitrogens is 1. The van der Waals surface area contributed by atoms with Gasteiger partial charge in [-0.15, -0.1) is 5.92 Å². The minimum Gasteiger partial charge on any atom is -0.244 e. The number of rotatable bonds is 0. The fourth-order valence-corrected chi connectivity index (χ4v) is 0.798. The monoisotopic (exact) mass is 151 g/mol. The third-order valence-corrected chi connectivity index (χ3v) is 1.20. The number of pyridine rings is 1. The fourth-order valence-electron chi connectivity index (χ4n) is 0.625. The largest absolute Gasteiger partial charge is 0.244 e. The third kappa shape index (κ3) is 1.75. The van der Waals surface area contributed by atoms with Crippen LogP contribution in [0.25, 0.3) is 0 Å². The highest BCUT2D eigenvalue weighted by Crippen LogP contribution is 2.04. The molecule has 0 saturated heterocycles. The van der Waals surface area contributed by atoms with Crippen molar-refractivity contribution in [3.05, 3.63) is 29.0 Å². The Kier molecular flexibility index (Phi) is 2.30. The van der Waals surface area contributed by atoms with Crippen molar-refractivity contribution in [2.75, 3.05) is 0 Å². The second-order valence-corrected chi connectivity index (χ2v) is 2.13. The highest BCUT2D eigenvalue weighted by atomic mass is 35.5. The molecule has 1 heterocycles. The van der Waals surface area contributed by atoms with E-state index in [1.807, 2.05) is 6.07 Å². The number of hydrogen-bond acceptors (Lipinski definition) is 1. The van der Waals surface area contributed by atoms with Gasteiger partial charge in [0.2, 0.25) is 0 Å². The minimum absolute atomic E-state index is 0.486. The summed E-state index contributed by atoms with van der Waals surface area (Å²) in [6.07, 6.45) is 1.64. The second kappa shape index (κ2) is 3.24. The zero-order chi connectivity index (χ0) is 7.40. The van der Waals surface area contributed by atoms with Crippen LogP contribution in [-0.4, -0.2) is 4.98 Å². The number of hydrogen-bond donors (Lipinski definition) is 0. The van der Waals surface area contributed by atoms with Gasteiger partial charge in [0.25, 0.3) is 0 Å². The molecule has 1 aromatic rings. The highest BCUT2D eigenvalue weighted by Gasteiger charge is 1.87. The molecule has 10 heavy (non-hydrogen) atoms. The van der Waals surface area contributed by atoms with Gasteiger partial charge in [0, 0.05) is 11.8 Å².